The molecular weight excluding hydrogens is 170 g/mol. The van der Waals surface area contributed by atoms with E-state index in [1.165, 1.54) is 6.20 Å². The van der Waals surface area contributed by atoms with Crippen molar-refractivity contribution >= 4 is 17.1 Å². The van der Waals surface area contributed by atoms with Gasteiger partial charge in [0, 0.05) is 11.6 Å². The first-order chi connectivity index (χ1) is 6.20. The van der Waals surface area contributed by atoms with Gasteiger partial charge < -0.3 is 5.11 Å². The molecule has 0 aliphatic heterocycles. The Kier molecular flexibility index (Phi) is 1.51. The van der Waals surface area contributed by atoms with Gasteiger partial charge in [0.1, 0.15) is 0 Å². The van der Waals surface area contributed by atoms with Crippen LogP contribution in [0.3, 0.4) is 0 Å². The molecule has 2 aromatic heterocycles. The van der Waals surface area contributed by atoms with Crippen LogP contribution in [0.25, 0.3) is 11.0 Å². The van der Waals surface area contributed by atoms with Crippen molar-refractivity contribution in [2.75, 3.05) is 0 Å². The molecule has 0 saturated heterocycles. The smallest absolute Gasteiger partial charge is 0.434 e. The molecule has 0 aliphatic rings. The van der Waals surface area contributed by atoms with Crippen molar-refractivity contribution in [1.29, 1.82) is 0 Å². The lowest BCUT2D eigenvalue weighted by Gasteiger charge is -1.95. The Morgan fingerprint density at radius 3 is 3.08 bits per heavy atom. The van der Waals surface area contributed by atoms with Crippen molar-refractivity contribution in [2.45, 2.75) is 6.92 Å². The first-order valence-corrected chi connectivity index (χ1v) is 3.73. The third kappa shape index (κ3) is 1.05. The van der Waals surface area contributed by atoms with Gasteiger partial charge in [-0.25, -0.2) is 9.78 Å². The zero-order chi connectivity index (χ0) is 9.42. The molecule has 2 aromatic rings. The summed E-state index contributed by atoms with van der Waals surface area (Å²) in [5.74, 6) is 0. The Labute approximate surface area is 73.6 Å². The fourth-order valence-corrected chi connectivity index (χ4v) is 1.19. The number of aromatic nitrogens is 3. The van der Waals surface area contributed by atoms with Crippen molar-refractivity contribution in [3.05, 3.63) is 24.0 Å². The Morgan fingerprint density at radius 1 is 1.62 bits per heavy atom. The molecule has 2 rings (SSSR count). The van der Waals surface area contributed by atoms with E-state index >= 15 is 0 Å². The van der Waals surface area contributed by atoms with Gasteiger partial charge in [0.2, 0.25) is 0 Å². The van der Waals surface area contributed by atoms with Crippen LogP contribution in [0.4, 0.5) is 4.79 Å². The fourth-order valence-electron chi connectivity index (χ4n) is 1.19. The second-order valence-corrected chi connectivity index (χ2v) is 2.70. The average Bonchev–Trinajstić information content (AvgIpc) is 2.48. The van der Waals surface area contributed by atoms with Gasteiger partial charge in [0.25, 0.3) is 0 Å². The number of fused-ring (bicyclic) bond motifs is 1. The number of carbonyl (C=O) groups is 1. The quantitative estimate of drug-likeness (QED) is 0.657. The SMILES string of the molecule is Cc1ccnc2c1cnn2C(=O)O. The number of aryl methyl sites for hydroxylation is 1. The molecular formula is C8H7N3O2. The molecule has 0 radical (unpaired) electrons. The third-order valence-electron chi connectivity index (χ3n) is 1.87. The van der Waals surface area contributed by atoms with Gasteiger partial charge in [-0.15, -0.1) is 4.68 Å². The van der Waals surface area contributed by atoms with Crippen LogP contribution >= 0.6 is 0 Å². The van der Waals surface area contributed by atoms with E-state index in [1.54, 1.807) is 6.20 Å². The van der Waals surface area contributed by atoms with Gasteiger partial charge in [-0.2, -0.15) is 5.10 Å². The van der Waals surface area contributed by atoms with Crippen LogP contribution in [-0.2, 0) is 0 Å². The topological polar surface area (TPSA) is 68.0 Å². The largest absolute Gasteiger partial charge is 0.463 e. The van der Waals surface area contributed by atoms with Crippen molar-refractivity contribution in [2.24, 2.45) is 0 Å². The summed E-state index contributed by atoms with van der Waals surface area (Å²) in [5.41, 5.74) is 1.35. The molecule has 2 heterocycles. The van der Waals surface area contributed by atoms with E-state index in [9.17, 15) is 4.79 Å². The summed E-state index contributed by atoms with van der Waals surface area (Å²) in [4.78, 5) is 14.6. The van der Waals surface area contributed by atoms with E-state index in [-0.39, 0.29) is 0 Å². The Bertz CT molecular complexity index is 475. The molecule has 0 aromatic carbocycles. The molecule has 5 heteroatoms. The summed E-state index contributed by atoms with van der Waals surface area (Å²) in [6.45, 7) is 1.89. The van der Waals surface area contributed by atoms with E-state index in [1.807, 2.05) is 13.0 Å². The average molecular weight is 177 g/mol. The second kappa shape index (κ2) is 2.55. The van der Waals surface area contributed by atoms with Gasteiger partial charge in [-0.1, -0.05) is 0 Å². The van der Waals surface area contributed by atoms with E-state index < -0.39 is 6.09 Å². The molecule has 0 saturated carbocycles. The van der Waals surface area contributed by atoms with Gasteiger partial charge in [-0.05, 0) is 18.6 Å². The van der Waals surface area contributed by atoms with Gasteiger partial charge in [0.05, 0.1) is 6.20 Å². The maximum Gasteiger partial charge on any atom is 0.434 e. The van der Waals surface area contributed by atoms with Crippen LogP contribution in [0.15, 0.2) is 18.5 Å². The normalized spacial score (nSPS) is 10.5. The monoisotopic (exact) mass is 177 g/mol. The lowest BCUT2D eigenvalue weighted by Crippen LogP contribution is -2.09. The highest BCUT2D eigenvalue weighted by Crippen LogP contribution is 2.14. The number of hydrogen-bond acceptors (Lipinski definition) is 3. The predicted octanol–water partition coefficient (Wildman–Crippen LogP) is 1.27. The van der Waals surface area contributed by atoms with Gasteiger partial charge >= 0.3 is 6.09 Å². The Balaban J connectivity index is 2.83. The standard InChI is InChI=1S/C8H7N3O2/c1-5-2-3-9-7-6(5)4-10-11(7)8(12)13/h2-4H,1H3,(H,12,13). The lowest BCUT2D eigenvalue weighted by molar-refractivity contribution is 0.194. The number of hydrogen-bond donors (Lipinski definition) is 1. The van der Waals surface area contributed by atoms with Crippen molar-refractivity contribution < 1.29 is 9.90 Å². The Morgan fingerprint density at radius 2 is 2.38 bits per heavy atom. The zero-order valence-corrected chi connectivity index (χ0v) is 6.93. The maximum absolute atomic E-state index is 10.6. The highest BCUT2D eigenvalue weighted by atomic mass is 16.4. The number of carboxylic acid groups (broad SMARTS) is 1. The minimum atomic E-state index is -1.12. The Hall–Kier alpha value is -1.91. The minimum Gasteiger partial charge on any atom is -0.463 e. The van der Waals surface area contributed by atoms with E-state index in [4.69, 9.17) is 5.11 Å². The summed E-state index contributed by atoms with van der Waals surface area (Å²) in [6, 6.07) is 1.82. The van der Waals surface area contributed by atoms with Gasteiger partial charge in [0.15, 0.2) is 5.65 Å². The van der Waals surface area contributed by atoms with Crippen LogP contribution in [0.1, 0.15) is 5.56 Å². The molecule has 0 fully saturated rings. The van der Waals surface area contributed by atoms with Crippen LogP contribution in [0.5, 0.6) is 0 Å². The highest BCUT2D eigenvalue weighted by Gasteiger charge is 2.10. The minimum absolute atomic E-state index is 0.382. The predicted molar refractivity (Wildman–Crippen MR) is 45.7 cm³/mol. The molecule has 0 atom stereocenters. The second-order valence-electron chi connectivity index (χ2n) is 2.70. The molecule has 0 aliphatic carbocycles. The molecule has 0 bridgehead atoms. The summed E-state index contributed by atoms with van der Waals surface area (Å²) in [6.07, 6.45) is 1.96. The molecule has 0 amide bonds. The summed E-state index contributed by atoms with van der Waals surface area (Å²) in [5, 5.41) is 13.2. The van der Waals surface area contributed by atoms with Crippen LogP contribution in [-0.4, -0.2) is 26.0 Å². The highest BCUT2D eigenvalue weighted by molar-refractivity contribution is 5.85. The molecule has 66 valence electrons. The van der Waals surface area contributed by atoms with E-state index in [0.29, 0.717) is 5.65 Å². The summed E-state index contributed by atoms with van der Waals surface area (Å²) < 4.78 is 0.863. The number of nitrogens with zero attached hydrogens (tertiary/aromatic N) is 3. The van der Waals surface area contributed by atoms with Crippen molar-refractivity contribution in [3.63, 3.8) is 0 Å². The summed E-state index contributed by atoms with van der Waals surface area (Å²) in [7, 11) is 0. The zero-order valence-electron chi connectivity index (χ0n) is 6.93. The van der Waals surface area contributed by atoms with Crippen LogP contribution in [0.2, 0.25) is 0 Å². The van der Waals surface area contributed by atoms with Gasteiger partial charge in [-0.3, -0.25) is 0 Å². The fraction of sp³-hybridized carbons (Fsp3) is 0.125. The molecule has 13 heavy (non-hydrogen) atoms. The third-order valence-corrected chi connectivity index (χ3v) is 1.87. The van der Waals surface area contributed by atoms with Crippen molar-refractivity contribution in [1.82, 2.24) is 14.8 Å². The van der Waals surface area contributed by atoms with Crippen LogP contribution in [0, 0.1) is 6.92 Å². The molecule has 0 unspecified atom stereocenters. The summed E-state index contributed by atoms with van der Waals surface area (Å²) >= 11 is 0. The number of rotatable bonds is 0. The molecule has 1 N–H and O–H groups in total. The van der Waals surface area contributed by atoms with E-state index in [0.717, 1.165) is 15.6 Å². The number of pyridine rings is 1. The van der Waals surface area contributed by atoms with Crippen molar-refractivity contribution in [3.8, 4) is 0 Å². The molecule has 0 spiro atoms. The first-order valence-electron chi connectivity index (χ1n) is 3.73. The van der Waals surface area contributed by atoms with E-state index in [2.05, 4.69) is 10.1 Å². The maximum atomic E-state index is 10.6. The molecule has 5 nitrogen and oxygen atoms in total. The lowest BCUT2D eigenvalue weighted by atomic mass is 10.2. The first kappa shape index (κ1) is 7.72. The van der Waals surface area contributed by atoms with Crippen LogP contribution < -0.4 is 0 Å².